The lowest BCUT2D eigenvalue weighted by Gasteiger charge is -2.56. The van der Waals surface area contributed by atoms with E-state index in [9.17, 15) is 10.2 Å². The third-order valence-electron chi connectivity index (χ3n) is 5.40. The molecule has 0 aromatic heterocycles. The second kappa shape index (κ2) is 4.32. The summed E-state index contributed by atoms with van der Waals surface area (Å²) < 4.78 is 0. The molecule has 2 N–H and O–H groups in total. The maximum Gasteiger partial charge on any atom is 0.0625 e. The molecule has 0 amide bonds. The van der Waals surface area contributed by atoms with Gasteiger partial charge in [-0.1, -0.05) is 18.2 Å². The molecule has 0 unspecified atom stereocenters. The van der Waals surface area contributed by atoms with Crippen LogP contribution in [0.2, 0.25) is 0 Å². The van der Waals surface area contributed by atoms with Crippen LogP contribution in [-0.2, 0) is 6.42 Å². The van der Waals surface area contributed by atoms with Crippen LogP contribution in [0.25, 0.3) is 0 Å². The Balaban J connectivity index is 2.05. The number of fused-ring (bicyclic) bond motifs is 3. The first kappa shape index (κ1) is 13.1. The molecular weight excluding hydrogens is 236 g/mol. The van der Waals surface area contributed by atoms with E-state index in [4.69, 9.17) is 0 Å². The molecule has 2 nitrogen and oxygen atoms in total. The zero-order chi connectivity index (χ0) is 13.8. The molecule has 3 rings (SSSR count). The van der Waals surface area contributed by atoms with E-state index in [2.05, 4.69) is 25.1 Å². The van der Waals surface area contributed by atoms with E-state index in [1.165, 1.54) is 16.7 Å². The Kier molecular flexibility index (Phi) is 2.99. The van der Waals surface area contributed by atoms with E-state index >= 15 is 0 Å². The van der Waals surface area contributed by atoms with Crippen molar-refractivity contribution in [2.45, 2.75) is 45.1 Å². The fraction of sp³-hybridized carbons (Fsp3) is 0.647. The normalized spacial score (nSPS) is 33.3. The van der Waals surface area contributed by atoms with Crippen molar-refractivity contribution in [3.63, 3.8) is 0 Å². The van der Waals surface area contributed by atoms with E-state index in [1.54, 1.807) is 0 Å². The standard InChI is InChI=1S/C17H24O2/c1-10-5-4-6-11-7-12(9-18)13-8-14(17(2,3)19)16(13)15(10)11/h4-6,12-14,16,18-19H,7-9H2,1-3H3/t12-,13+,14-,16-/m1/s1. The van der Waals surface area contributed by atoms with Gasteiger partial charge in [-0.15, -0.1) is 0 Å². The second-order valence-electron chi connectivity index (χ2n) is 6.98. The van der Waals surface area contributed by atoms with Gasteiger partial charge in [0.05, 0.1) is 5.60 Å². The molecule has 4 atom stereocenters. The van der Waals surface area contributed by atoms with Gasteiger partial charge in [-0.3, -0.25) is 0 Å². The first-order valence-electron chi connectivity index (χ1n) is 7.35. The van der Waals surface area contributed by atoms with Gasteiger partial charge in [0.2, 0.25) is 0 Å². The molecule has 0 aliphatic heterocycles. The van der Waals surface area contributed by atoms with E-state index in [0.717, 1.165) is 12.8 Å². The Bertz CT molecular complexity index is 487. The number of hydrogen-bond donors (Lipinski definition) is 2. The van der Waals surface area contributed by atoms with Crippen molar-refractivity contribution in [3.8, 4) is 0 Å². The van der Waals surface area contributed by atoms with Crippen LogP contribution in [0.5, 0.6) is 0 Å². The van der Waals surface area contributed by atoms with Gasteiger partial charge in [0.15, 0.2) is 0 Å². The Morgan fingerprint density at radius 1 is 1.32 bits per heavy atom. The quantitative estimate of drug-likeness (QED) is 0.858. The molecule has 0 radical (unpaired) electrons. The maximum atomic E-state index is 10.4. The van der Waals surface area contributed by atoms with E-state index < -0.39 is 5.60 Å². The molecular formula is C17H24O2. The summed E-state index contributed by atoms with van der Waals surface area (Å²) >= 11 is 0. The average Bonchev–Trinajstić information content (AvgIpc) is 2.28. The highest BCUT2D eigenvalue weighted by atomic mass is 16.3. The molecule has 2 aliphatic rings. The summed E-state index contributed by atoms with van der Waals surface area (Å²) in [6, 6.07) is 6.48. The van der Waals surface area contributed by atoms with E-state index in [1.807, 2.05) is 13.8 Å². The van der Waals surface area contributed by atoms with Crippen molar-refractivity contribution in [3.05, 3.63) is 34.9 Å². The minimum Gasteiger partial charge on any atom is -0.396 e. The fourth-order valence-corrected chi connectivity index (χ4v) is 4.35. The van der Waals surface area contributed by atoms with E-state index in [-0.39, 0.29) is 6.61 Å². The first-order valence-corrected chi connectivity index (χ1v) is 7.35. The molecule has 0 saturated heterocycles. The second-order valence-corrected chi connectivity index (χ2v) is 6.98. The molecule has 2 aliphatic carbocycles. The monoisotopic (exact) mass is 260 g/mol. The molecule has 1 aromatic rings. The van der Waals surface area contributed by atoms with Crippen molar-refractivity contribution >= 4 is 0 Å². The lowest BCUT2D eigenvalue weighted by molar-refractivity contribution is -0.0863. The van der Waals surface area contributed by atoms with Crippen LogP contribution in [0.1, 0.15) is 42.9 Å². The van der Waals surface area contributed by atoms with Gasteiger partial charge in [0.1, 0.15) is 0 Å². The Morgan fingerprint density at radius 3 is 2.68 bits per heavy atom. The Labute approximate surface area is 115 Å². The van der Waals surface area contributed by atoms with E-state index in [0.29, 0.717) is 23.7 Å². The number of aliphatic hydroxyl groups is 2. The van der Waals surface area contributed by atoms with Crippen LogP contribution in [0.15, 0.2) is 18.2 Å². The van der Waals surface area contributed by atoms with Crippen molar-refractivity contribution in [2.75, 3.05) is 6.61 Å². The summed E-state index contributed by atoms with van der Waals surface area (Å²) in [7, 11) is 0. The van der Waals surface area contributed by atoms with Gasteiger partial charge in [-0.05, 0) is 74.0 Å². The highest BCUT2D eigenvalue weighted by Gasteiger charge is 2.53. The summed E-state index contributed by atoms with van der Waals surface area (Å²) in [5, 5.41) is 20.0. The number of aryl methyl sites for hydroxylation is 1. The average molecular weight is 260 g/mol. The molecule has 0 bridgehead atoms. The lowest BCUT2D eigenvalue weighted by Crippen LogP contribution is -2.52. The predicted molar refractivity (Wildman–Crippen MR) is 76.1 cm³/mol. The summed E-state index contributed by atoms with van der Waals surface area (Å²) in [4.78, 5) is 0. The topological polar surface area (TPSA) is 40.5 Å². The first-order chi connectivity index (χ1) is 8.93. The SMILES string of the molecule is Cc1cccc2c1[C@@H]1[C@@H](C[C@H]1C(C)(C)O)[C@@H](CO)C2. The van der Waals surface area contributed by atoms with Crippen LogP contribution < -0.4 is 0 Å². The van der Waals surface area contributed by atoms with Gasteiger partial charge >= 0.3 is 0 Å². The van der Waals surface area contributed by atoms with Gasteiger partial charge in [0.25, 0.3) is 0 Å². The minimum absolute atomic E-state index is 0.271. The number of rotatable bonds is 2. The maximum absolute atomic E-state index is 10.4. The van der Waals surface area contributed by atoms with Crippen molar-refractivity contribution in [2.24, 2.45) is 17.8 Å². The number of aliphatic hydroxyl groups excluding tert-OH is 1. The summed E-state index contributed by atoms with van der Waals surface area (Å²) in [6.07, 6.45) is 2.04. The third kappa shape index (κ3) is 1.93. The van der Waals surface area contributed by atoms with Crippen LogP contribution in [0.3, 0.4) is 0 Å². The minimum atomic E-state index is -0.627. The van der Waals surface area contributed by atoms with Crippen LogP contribution in [0, 0.1) is 24.7 Å². The van der Waals surface area contributed by atoms with Crippen molar-refractivity contribution < 1.29 is 10.2 Å². The van der Waals surface area contributed by atoms with Gasteiger partial charge in [-0.2, -0.15) is 0 Å². The molecule has 0 spiro atoms. The predicted octanol–water partition coefficient (Wildman–Crippen LogP) is 2.65. The Hall–Kier alpha value is -0.860. The molecule has 19 heavy (non-hydrogen) atoms. The lowest BCUT2D eigenvalue weighted by atomic mass is 9.49. The molecule has 1 fully saturated rings. The smallest absolute Gasteiger partial charge is 0.0625 e. The Morgan fingerprint density at radius 2 is 2.05 bits per heavy atom. The zero-order valence-electron chi connectivity index (χ0n) is 12.1. The molecule has 104 valence electrons. The molecule has 0 heterocycles. The highest BCUT2D eigenvalue weighted by molar-refractivity contribution is 5.43. The van der Waals surface area contributed by atoms with Gasteiger partial charge in [0, 0.05) is 6.61 Å². The fourth-order valence-electron chi connectivity index (χ4n) is 4.35. The zero-order valence-corrected chi connectivity index (χ0v) is 12.1. The number of hydrogen-bond acceptors (Lipinski definition) is 2. The summed E-state index contributed by atoms with van der Waals surface area (Å²) in [6.45, 7) is 6.30. The molecule has 1 saturated carbocycles. The number of benzene rings is 1. The summed E-state index contributed by atoms with van der Waals surface area (Å²) in [5.41, 5.74) is 3.56. The van der Waals surface area contributed by atoms with Crippen LogP contribution >= 0.6 is 0 Å². The van der Waals surface area contributed by atoms with Crippen molar-refractivity contribution in [1.29, 1.82) is 0 Å². The highest BCUT2D eigenvalue weighted by Crippen LogP contribution is 2.59. The van der Waals surface area contributed by atoms with Crippen LogP contribution in [0.4, 0.5) is 0 Å². The van der Waals surface area contributed by atoms with Crippen molar-refractivity contribution in [1.82, 2.24) is 0 Å². The van der Waals surface area contributed by atoms with Gasteiger partial charge < -0.3 is 10.2 Å². The third-order valence-corrected chi connectivity index (χ3v) is 5.40. The summed E-state index contributed by atoms with van der Waals surface area (Å²) in [5.74, 6) is 1.68. The molecule has 2 heteroatoms. The largest absolute Gasteiger partial charge is 0.396 e. The van der Waals surface area contributed by atoms with Gasteiger partial charge in [-0.25, -0.2) is 0 Å². The van der Waals surface area contributed by atoms with Crippen LogP contribution in [-0.4, -0.2) is 22.4 Å². The molecule has 1 aromatic carbocycles.